The molecular weight excluding hydrogens is 534 g/mol. The summed E-state index contributed by atoms with van der Waals surface area (Å²) in [5.74, 6) is -0.176. The van der Waals surface area contributed by atoms with Gasteiger partial charge in [-0.2, -0.15) is 0 Å². The Morgan fingerprint density at radius 1 is 0.971 bits per heavy atom. The van der Waals surface area contributed by atoms with Gasteiger partial charge in [-0.25, -0.2) is 13.5 Å². The molecular formula is C23H18BrN7O3S. The Bertz CT molecular complexity index is 1620. The smallest absolute Gasteiger partial charge is 0.272 e. The number of aromatic amines is 2. The summed E-state index contributed by atoms with van der Waals surface area (Å²) in [7, 11) is -3.67. The number of aromatic nitrogens is 5. The van der Waals surface area contributed by atoms with Crippen LogP contribution in [0.1, 0.15) is 16.1 Å². The topological polar surface area (TPSA) is 146 Å². The van der Waals surface area contributed by atoms with Crippen LogP contribution in [0.5, 0.6) is 0 Å². The predicted molar refractivity (Wildman–Crippen MR) is 136 cm³/mol. The van der Waals surface area contributed by atoms with E-state index in [2.05, 4.69) is 51.6 Å². The Morgan fingerprint density at radius 2 is 1.80 bits per heavy atom. The van der Waals surface area contributed by atoms with Crippen LogP contribution >= 0.6 is 15.9 Å². The molecule has 4 N–H and O–H groups in total. The largest absolute Gasteiger partial charge is 0.349 e. The van der Waals surface area contributed by atoms with Gasteiger partial charge in [0.25, 0.3) is 5.91 Å². The number of rotatable bonds is 7. The van der Waals surface area contributed by atoms with Crippen molar-refractivity contribution in [3.8, 4) is 11.4 Å². The van der Waals surface area contributed by atoms with Crippen molar-refractivity contribution in [3.05, 3.63) is 88.5 Å². The van der Waals surface area contributed by atoms with Crippen LogP contribution in [-0.4, -0.2) is 39.9 Å². The Kier molecular flexibility index (Phi) is 6.05. The predicted octanol–water partition coefficient (Wildman–Crippen LogP) is 4.30. The minimum absolute atomic E-state index is 0.166. The van der Waals surface area contributed by atoms with Crippen LogP contribution in [0.4, 0.5) is 11.4 Å². The van der Waals surface area contributed by atoms with Gasteiger partial charge in [0, 0.05) is 15.4 Å². The SMILES string of the molecule is O=C(Nc1ccc(Br)cc1-c1nnn[nH]1)c1cc2cccc(NS(=O)(=O)Cc3ccccc3)c2[nH]1. The van der Waals surface area contributed by atoms with Gasteiger partial charge >= 0.3 is 0 Å². The molecule has 10 nitrogen and oxygen atoms in total. The number of carbonyl (C=O) groups excluding carboxylic acids is 1. The third-order valence-electron chi connectivity index (χ3n) is 5.20. The number of hydrogen-bond donors (Lipinski definition) is 4. The van der Waals surface area contributed by atoms with Gasteiger partial charge in [-0.15, -0.1) is 5.10 Å². The molecule has 2 heterocycles. The molecule has 0 saturated carbocycles. The van der Waals surface area contributed by atoms with Gasteiger partial charge < -0.3 is 10.3 Å². The molecule has 0 bridgehead atoms. The Balaban J connectivity index is 1.41. The second-order valence-corrected chi connectivity index (χ2v) is 10.3. The summed E-state index contributed by atoms with van der Waals surface area (Å²) in [6, 6.07) is 21.0. The standard InChI is InChI=1S/C23H18BrN7O3S/c24-16-9-10-18(17(12-16)22-27-30-31-28-22)26-23(32)20-11-15-7-4-8-19(21(15)25-20)29-35(33,34)13-14-5-2-1-3-6-14/h1-12,25,29H,13H2,(H,26,32)(H,27,28,30,31). The fourth-order valence-electron chi connectivity index (χ4n) is 3.65. The van der Waals surface area contributed by atoms with Gasteiger partial charge in [0.2, 0.25) is 10.0 Å². The molecule has 0 fully saturated rings. The van der Waals surface area contributed by atoms with Gasteiger partial charge in [0.1, 0.15) is 5.69 Å². The third-order valence-corrected chi connectivity index (χ3v) is 6.93. The van der Waals surface area contributed by atoms with E-state index in [1.807, 2.05) is 6.07 Å². The Hall–Kier alpha value is -4.03. The van der Waals surface area contributed by atoms with E-state index >= 15 is 0 Å². The van der Waals surface area contributed by atoms with E-state index in [0.29, 0.717) is 39.2 Å². The average Bonchev–Trinajstić information content (AvgIpc) is 3.51. The lowest BCUT2D eigenvalue weighted by molar-refractivity contribution is 0.102. The van der Waals surface area contributed by atoms with Gasteiger partial charge in [0.15, 0.2) is 5.82 Å². The van der Waals surface area contributed by atoms with Gasteiger partial charge in [-0.05, 0) is 46.3 Å². The molecule has 0 radical (unpaired) electrons. The minimum Gasteiger partial charge on any atom is -0.349 e. The van der Waals surface area contributed by atoms with Crippen LogP contribution < -0.4 is 10.0 Å². The quantitative estimate of drug-likeness (QED) is 0.237. The molecule has 12 heteroatoms. The van der Waals surface area contributed by atoms with E-state index in [4.69, 9.17) is 0 Å². The van der Waals surface area contributed by atoms with Crippen molar-refractivity contribution >= 4 is 54.1 Å². The van der Waals surface area contributed by atoms with Crippen LogP contribution in [0.15, 0.2) is 77.3 Å². The fourth-order valence-corrected chi connectivity index (χ4v) is 5.21. The minimum atomic E-state index is -3.67. The van der Waals surface area contributed by atoms with Crippen molar-refractivity contribution in [1.82, 2.24) is 25.6 Å². The number of tetrazole rings is 1. The molecule has 0 unspecified atom stereocenters. The summed E-state index contributed by atoms with van der Waals surface area (Å²) in [5.41, 5.74) is 2.90. The lowest BCUT2D eigenvalue weighted by Crippen LogP contribution is -2.15. The van der Waals surface area contributed by atoms with E-state index in [-0.39, 0.29) is 11.4 Å². The molecule has 5 rings (SSSR count). The van der Waals surface area contributed by atoms with E-state index in [1.165, 1.54) is 0 Å². The molecule has 0 spiro atoms. The van der Waals surface area contributed by atoms with E-state index in [9.17, 15) is 13.2 Å². The first-order chi connectivity index (χ1) is 16.9. The van der Waals surface area contributed by atoms with Crippen LogP contribution in [0.2, 0.25) is 0 Å². The van der Waals surface area contributed by atoms with Gasteiger partial charge in [-0.1, -0.05) is 58.4 Å². The van der Waals surface area contributed by atoms with Crippen LogP contribution in [0.25, 0.3) is 22.3 Å². The van der Waals surface area contributed by atoms with E-state index < -0.39 is 15.9 Å². The molecule has 0 aliphatic rings. The van der Waals surface area contributed by atoms with E-state index in [1.54, 1.807) is 66.7 Å². The average molecular weight is 552 g/mol. The summed E-state index contributed by atoms with van der Waals surface area (Å²) in [6.07, 6.45) is 0. The molecule has 5 aromatic rings. The molecule has 0 aliphatic heterocycles. The molecule has 2 aromatic heterocycles. The Labute approximate surface area is 208 Å². The molecule has 176 valence electrons. The highest BCUT2D eigenvalue weighted by atomic mass is 79.9. The number of sulfonamides is 1. The zero-order valence-corrected chi connectivity index (χ0v) is 20.4. The van der Waals surface area contributed by atoms with Crippen molar-refractivity contribution in [2.75, 3.05) is 10.0 Å². The highest BCUT2D eigenvalue weighted by Gasteiger charge is 2.18. The number of amides is 1. The number of para-hydroxylation sites is 1. The first kappa shape index (κ1) is 22.7. The van der Waals surface area contributed by atoms with Gasteiger partial charge in [0.05, 0.1) is 22.6 Å². The maximum Gasteiger partial charge on any atom is 0.272 e. The number of nitrogens with one attached hydrogen (secondary N) is 4. The lowest BCUT2D eigenvalue weighted by Gasteiger charge is -2.10. The zero-order chi connectivity index (χ0) is 24.4. The maximum atomic E-state index is 13.1. The number of nitrogens with zero attached hydrogens (tertiary/aromatic N) is 3. The monoisotopic (exact) mass is 551 g/mol. The summed E-state index contributed by atoms with van der Waals surface area (Å²) in [4.78, 5) is 16.1. The normalized spacial score (nSPS) is 11.5. The Morgan fingerprint density at radius 3 is 2.57 bits per heavy atom. The number of halogens is 1. The second-order valence-electron chi connectivity index (χ2n) is 7.69. The van der Waals surface area contributed by atoms with Crippen LogP contribution in [0.3, 0.4) is 0 Å². The number of carbonyl (C=O) groups is 1. The van der Waals surface area contributed by atoms with Crippen molar-refractivity contribution in [1.29, 1.82) is 0 Å². The summed E-state index contributed by atoms with van der Waals surface area (Å²) in [5, 5.41) is 17.3. The molecule has 0 aliphatic carbocycles. The first-order valence-electron chi connectivity index (χ1n) is 10.4. The summed E-state index contributed by atoms with van der Waals surface area (Å²) >= 11 is 3.41. The number of fused-ring (bicyclic) bond motifs is 1. The van der Waals surface area contributed by atoms with Gasteiger partial charge in [-0.3, -0.25) is 9.52 Å². The molecule has 0 saturated heterocycles. The summed E-state index contributed by atoms with van der Waals surface area (Å²) in [6.45, 7) is 0. The van der Waals surface area contributed by atoms with Crippen LogP contribution in [0, 0.1) is 0 Å². The van der Waals surface area contributed by atoms with Crippen molar-refractivity contribution in [2.24, 2.45) is 0 Å². The van der Waals surface area contributed by atoms with E-state index in [0.717, 1.165) is 4.47 Å². The number of hydrogen-bond acceptors (Lipinski definition) is 6. The molecule has 1 amide bonds. The maximum absolute atomic E-state index is 13.1. The first-order valence-corrected chi connectivity index (χ1v) is 12.8. The number of benzene rings is 3. The highest BCUT2D eigenvalue weighted by Crippen LogP contribution is 2.30. The number of anilines is 2. The highest BCUT2D eigenvalue weighted by molar-refractivity contribution is 9.10. The molecule has 35 heavy (non-hydrogen) atoms. The molecule has 0 atom stereocenters. The molecule has 3 aromatic carbocycles. The van der Waals surface area contributed by atoms with Crippen molar-refractivity contribution in [2.45, 2.75) is 5.75 Å². The lowest BCUT2D eigenvalue weighted by atomic mass is 10.1. The third kappa shape index (κ3) is 5.08. The summed E-state index contributed by atoms with van der Waals surface area (Å²) < 4.78 is 28.9. The zero-order valence-electron chi connectivity index (χ0n) is 18.0. The second kappa shape index (κ2) is 9.31. The fraction of sp³-hybridized carbons (Fsp3) is 0.0435. The van der Waals surface area contributed by atoms with Crippen molar-refractivity contribution < 1.29 is 13.2 Å². The van der Waals surface area contributed by atoms with Crippen LogP contribution in [-0.2, 0) is 15.8 Å². The van der Waals surface area contributed by atoms with Crippen molar-refractivity contribution in [3.63, 3.8) is 0 Å². The number of H-pyrrole nitrogens is 2.